The Hall–Kier alpha value is -3.27. The summed E-state index contributed by atoms with van der Waals surface area (Å²) in [5.41, 5.74) is 0. The zero-order chi connectivity index (χ0) is 50.6. The Morgan fingerprint density at radius 3 is 1.23 bits per heavy atom. The van der Waals surface area contributed by atoms with E-state index < -0.39 is 24.3 Å². The summed E-state index contributed by atoms with van der Waals surface area (Å²) < 4.78 is 22.9. The Morgan fingerprint density at radius 2 is 0.826 bits per heavy atom. The van der Waals surface area contributed by atoms with Crippen LogP contribution in [0.15, 0.2) is 72.9 Å². The third kappa shape index (κ3) is 52.4. The smallest absolute Gasteiger partial charge is 0.361 e. The number of carboxylic acids is 1. The van der Waals surface area contributed by atoms with Gasteiger partial charge in [0, 0.05) is 12.8 Å². The van der Waals surface area contributed by atoms with Crippen molar-refractivity contribution < 1.29 is 42.9 Å². The number of carbonyl (C=O) groups is 3. The molecule has 0 aliphatic heterocycles. The number of rotatable bonds is 51. The van der Waals surface area contributed by atoms with Crippen LogP contribution in [0.3, 0.4) is 0 Å². The summed E-state index contributed by atoms with van der Waals surface area (Å²) in [6.07, 6.45) is 62.6. The lowest BCUT2D eigenvalue weighted by atomic mass is 10.0. The first kappa shape index (κ1) is 65.7. The molecule has 0 aromatic carbocycles. The Kier molecular flexibility index (Phi) is 48.7. The number of nitrogens with zero attached hydrogens (tertiary/aromatic N) is 1. The van der Waals surface area contributed by atoms with E-state index in [9.17, 15) is 19.5 Å². The van der Waals surface area contributed by atoms with Crippen molar-refractivity contribution in [1.82, 2.24) is 0 Å². The standard InChI is InChI=1S/C60H105NO8/c1-6-8-10-12-14-16-18-20-22-24-25-26-27-28-29-30-31-32-33-35-37-39-41-43-45-47-49-51-58(63)69-56(55-68-60(59(64)65)66-53-52-61(3,4)5)54-67-57(62)50-48-46-44-42-40-38-36-34-23-21-19-17-15-13-11-9-7-2/h8,10,14-17,20-23,25-26,56,60H,6-7,9,11-13,18-19,24,27-55H2,1-5H3/p+1/b10-8-,16-14-,17-15-,22-20-,23-21-,26-25-. The van der Waals surface area contributed by atoms with Gasteiger partial charge in [-0.1, -0.05) is 209 Å². The van der Waals surface area contributed by atoms with Gasteiger partial charge < -0.3 is 28.5 Å². The Balaban J connectivity index is 4.24. The van der Waals surface area contributed by atoms with E-state index in [0.717, 1.165) is 83.5 Å². The van der Waals surface area contributed by atoms with E-state index in [1.165, 1.54) is 122 Å². The third-order valence-corrected chi connectivity index (χ3v) is 11.9. The second kappa shape index (κ2) is 51.1. The number of likely N-dealkylation sites (N-methyl/N-ethyl adjacent to an activating group) is 1. The highest BCUT2D eigenvalue weighted by molar-refractivity contribution is 5.71. The number of carboxylic acid groups (broad SMARTS) is 1. The highest BCUT2D eigenvalue weighted by atomic mass is 16.7. The van der Waals surface area contributed by atoms with Gasteiger partial charge in [-0.3, -0.25) is 9.59 Å². The van der Waals surface area contributed by atoms with Gasteiger partial charge in [0.05, 0.1) is 34.4 Å². The Bertz CT molecular complexity index is 1360. The molecule has 0 heterocycles. The molecule has 0 saturated heterocycles. The number of unbranched alkanes of at least 4 members (excludes halogenated alkanes) is 24. The van der Waals surface area contributed by atoms with Crippen molar-refractivity contribution in [1.29, 1.82) is 0 Å². The molecule has 69 heavy (non-hydrogen) atoms. The molecule has 1 N–H and O–H groups in total. The van der Waals surface area contributed by atoms with Crippen LogP contribution in [0.25, 0.3) is 0 Å². The molecule has 9 nitrogen and oxygen atoms in total. The zero-order valence-corrected chi connectivity index (χ0v) is 45.2. The van der Waals surface area contributed by atoms with Crippen molar-refractivity contribution in [2.75, 3.05) is 47.5 Å². The van der Waals surface area contributed by atoms with Crippen LogP contribution in [-0.4, -0.2) is 87.4 Å². The van der Waals surface area contributed by atoms with Crippen LogP contribution in [0.4, 0.5) is 0 Å². The van der Waals surface area contributed by atoms with E-state index in [2.05, 4.69) is 86.8 Å². The average molecular weight is 970 g/mol. The maximum atomic E-state index is 12.9. The molecule has 0 bridgehead atoms. The molecule has 9 heteroatoms. The first-order chi connectivity index (χ1) is 33.6. The van der Waals surface area contributed by atoms with E-state index in [1.54, 1.807) is 0 Å². The number of esters is 2. The number of hydrogen-bond donors (Lipinski definition) is 1. The highest BCUT2D eigenvalue weighted by Crippen LogP contribution is 2.16. The molecule has 0 amide bonds. The van der Waals surface area contributed by atoms with Crippen molar-refractivity contribution in [2.24, 2.45) is 0 Å². The number of aliphatic carboxylic acids is 1. The van der Waals surface area contributed by atoms with Gasteiger partial charge in [-0.15, -0.1) is 0 Å². The maximum Gasteiger partial charge on any atom is 0.361 e. The topological polar surface area (TPSA) is 108 Å². The zero-order valence-electron chi connectivity index (χ0n) is 45.2. The van der Waals surface area contributed by atoms with E-state index in [1.807, 2.05) is 21.1 Å². The van der Waals surface area contributed by atoms with Gasteiger partial charge in [0.25, 0.3) is 6.29 Å². The van der Waals surface area contributed by atoms with Crippen molar-refractivity contribution in [3.63, 3.8) is 0 Å². The van der Waals surface area contributed by atoms with Crippen molar-refractivity contribution >= 4 is 17.9 Å². The van der Waals surface area contributed by atoms with Gasteiger partial charge in [-0.05, 0) is 83.5 Å². The minimum atomic E-state index is -1.51. The summed E-state index contributed by atoms with van der Waals surface area (Å²) in [5.74, 6) is -2.01. The van der Waals surface area contributed by atoms with Gasteiger partial charge in [0.1, 0.15) is 13.2 Å². The Labute approximate surface area is 424 Å². The van der Waals surface area contributed by atoms with Crippen LogP contribution in [0.5, 0.6) is 0 Å². The predicted octanol–water partition coefficient (Wildman–Crippen LogP) is 16.2. The fraction of sp³-hybridized carbons (Fsp3) is 0.750. The molecule has 0 spiro atoms. The predicted molar refractivity (Wildman–Crippen MR) is 290 cm³/mol. The van der Waals surface area contributed by atoms with Gasteiger partial charge in [0.15, 0.2) is 6.10 Å². The number of ether oxygens (including phenoxy) is 4. The normalized spacial score (nSPS) is 13.3. The molecule has 0 rings (SSSR count). The van der Waals surface area contributed by atoms with Crippen LogP contribution in [0, 0.1) is 0 Å². The largest absolute Gasteiger partial charge is 0.477 e. The summed E-state index contributed by atoms with van der Waals surface area (Å²) in [6, 6.07) is 0. The fourth-order valence-electron chi connectivity index (χ4n) is 7.62. The molecule has 0 aliphatic carbocycles. The lowest BCUT2D eigenvalue weighted by Crippen LogP contribution is -2.40. The summed E-state index contributed by atoms with van der Waals surface area (Å²) in [5, 5.41) is 9.69. The van der Waals surface area contributed by atoms with Crippen molar-refractivity contribution in [3.8, 4) is 0 Å². The molecular formula is C60H106NO8+. The molecular weight excluding hydrogens is 863 g/mol. The molecule has 2 unspecified atom stereocenters. The summed E-state index contributed by atoms with van der Waals surface area (Å²) in [7, 11) is 5.96. The van der Waals surface area contributed by atoms with Crippen LogP contribution in [0.2, 0.25) is 0 Å². The SMILES string of the molecule is CC/C=C\C/C=C\C/C=C\C/C=C\CCCCCCCCCCCCCCCCC(=O)OC(COC(=O)CCCCCCCCC/C=C\C/C=C\CCCCC)COC(OCC[N+](C)(C)C)C(=O)O. The van der Waals surface area contributed by atoms with Crippen molar-refractivity contribution in [3.05, 3.63) is 72.9 Å². The molecule has 398 valence electrons. The van der Waals surface area contributed by atoms with Crippen LogP contribution in [0.1, 0.15) is 232 Å². The monoisotopic (exact) mass is 969 g/mol. The number of hydrogen-bond acceptors (Lipinski definition) is 7. The second-order valence-corrected chi connectivity index (χ2v) is 19.9. The lowest BCUT2D eigenvalue weighted by Gasteiger charge is -2.25. The van der Waals surface area contributed by atoms with E-state index in [4.69, 9.17) is 18.9 Å². The fourth-order valence-corrected chi connectivity index (χ4v) is 7.62. The van der Waals surface area contributed by atoms with Crippen LogP contribution in [-0.2, 0) is 33.3 Å². The number of carbonyl (C=O) groups excluding carboxylic acids is 2. The third-order valence-electron chi connectivity index (χ3n) is 11.9. The van der Waals surface area contributed by atoms with E-state index >= 15 is 0 Å². The Morgan fingerprint density at radius 1 is 0.449 bits per heavy atom. The summed E-state index contributed by atoms with van der Waals surface area (Å²) in [6.45, 7) is 4.74. The van der Waals surface area contributed by atoms with Gasteiger partial charge >= 0.3 is 17.9 Å². The average Bonchev–Trinajstić information content (AvgIpc) is 3.31. The molecule has 0 saturated carbocycles. The first-order valence-electron chi connectivity index (χ1n) is 28.1. The molecule has 0 aromatic rings. The molecule has 0 radical (unpaired) electrons. The quantitative estimate of drug-likeness (QED) is 0.0211. The van der Waals surface area contributed by atoms with Crippen LogP contribution < -0.4 is 0 Å². The lowest BCUT2D eigenvalue weighted by molar-refractivity contribution is -0.870. The van der Waals surface area contributed by atoms with Gasteiger partial charge in [0.2, 0.25) is 0 Å². The highest BCUT2D eigenvalue weighted by Gasteiger charge is 2.25. The number of allylic oxidation sites excluding steroid dienone is 12. The van der Waals surface area contributed by atoms with Crippen molar-refractivity contribution in [2.45, 2.75) is 245 Å². The first-order valence-corrected chi connectivity index (χ1v) is 28.1. The maximum absolute atomic E-state index is 12.9. The van der Waals surface area contributed by atoms with Gasteiger partial charge in [-0.25, -0.2) is 4.79 Å². The van der Waals surface area contributed by atoms with E-state index in [0.29, 0.717) is 17.4 Å². The minimum absolute atomic E-state index is 0.184. The summed E-state index contributed by atoms with van der Waals surface area (Å²) >= 11 is 0. The van der Waals surface area contributed by atoms with Crippen LogP contribution >= 0.6 is 0 Å². The molecule has 0 aliphatic rings. The van der Waals surface area contributed by atoms with E-state index in [-0.39, 0.29) is 32.2 Å². The molecule has 0 aromatic heterocycles. The van der Waals surface area contributed by atoms with Gasteiger partial charge in [-0.2, -0.15) is 0 Å². The minimum Gasteiger partial charge on any atom is -0.477 e. The summed E-state index contributed by atoms with van der Waals surface area (Å²) in [4.78, 5) is 37.4. The molecule has 2 atom stereocenters. The molecule has 0 fully saturated rings. The number of quaternary nitrogens is 1. The second-order valence-electron chi connectivity index (χ2n) is 19.9.